The summed E-state index contributed by atoms with van der Waals surface area (Å²) in [5.74, 6) is 1.83. The Morgan fingerprint density at radius 1 is 1.26 bits per heavy atom. The molecule has 0 atom stereocenters. The number of carbonyl (C=O) groups excluding carboxylic acids is 1. The first kappa shape index (κ1) is 15.5. The predicted molar refractivity (Wildman–Crippen MR) is 82.3 cm³/mol. The quantitative estimate of drug-likeness (QED) is 0.862. The highest BCUT2D eigenvalue weighted by Crippen LogP contribution is 2.20. The minimum absolute atomic E-state index is 0.0316. The van der Waals surface area contributed by atoms with Crippen molar-refractivity contribution in [2.75, 3.05) is 13.1 Å². The minimum Gasteiger partial charge on any atom is -0.474 e. The van der Waals surface area contributed by atoms with Crippen LogP contribution >= 0.6 is 0 Å². The Morgan fingerprint density at radius 2 is 2.00 bits per heavy atom. The van der Waals surface area contributed by atoms with Gasteiger partial charge in [0, 0.05) is 37.7 Å². The van der Waals surface area contributed by atoms with Gasteiger partial charge in [-0.25, -0.2) is 4.98 Å². The molecule has 7 nitrogen and oxygen atoms in total. The number of amides is 1. The molecule has 7 heteroatoms. The Morgan fingerprint density at radius 3 is 2.61 bits per heavy atom. The summed E-state index contributed by atoms with van der Waals surface area (Å²) in [6.45, 7) is 6.82. The number of carbonyl (C=O) groups is 1. The zero-order valence-electron chi connectivity index (χ0n) is 13.6. The van der Waals surface area contributed by atoms with Gasteiger partial charge in [0.1, 0.15) is 23.3 Å². The lowest BCUT2D eigenvalue weighted by atomic mass is 10.1. The van der Waals surface area contributed by atoms with Crippen molar-refractivity contribution < 1.29 is 14.1 Å². The summed E-state index contributed by atoms with van der Waals surface area (Å²) in [6, 6.07) is 1.84. The van der Waals surface area contributed by atoms with Gasteiger partial charge in [-0.05, 0) is 20.8 Å². The van der Waals surface area contributed by atoms with Gasteiger partial charge in [-0.2, -0.15) is 4.98 Å². The number of piperidine rings is 1. The molecular formula is C16H20N4O3. The van der Waals surface area contributed by atoms with Crippen LogP contribution in [0.1, 0.15) is 40.5 Å². The fourth-order valence-corrected chi connectivity index (χ4v) is 2.77. The summed E-state index contributed by atoms with van der Waals surface area (Å²) >= 11 is 0. The first-order chi connectivity index (χ1) is 11.0. The SMILES string of the molecule is Cc1cc(OC2CCN(C(=O)c3cnoc3C)CC2)nc(C)n1. The van der Waals surface area contributed by atoms with Crippen molar-refractivity contribution in [3.63, 3.8) is 0 Å². The Balaban J connectivity index is 1.58. The van der Waals surface area contributed by atoms with Gasteiger partial charge in [0.25, 0.3) is 5.91 Å². The molecule has 0 unspecified atom stereocenters. The summed E-state index contributed by atoms with van der Waals surface area (Å²) in [4.78, 5) is 22.8. The van der Waals surface area contributed by atoms with Crippen molar-refractivity contribution in [3.05, 3.63) is 35.1 Å². The third kappa shape index (κ3) is 3.49. The molecule has 0 aromatic carbocycles. The van der Waals surface area contributed by atoms with Gasteiger partial charge < -0.3 is 14.2 Å². The van der Waals surface area contributed by atoms with E-state index in [1.807, 2.05) is 24.8 Å². The molecule has 1 aliphatic rings. The third-order valence-electron chi connectivity index (χ3n) is 3.94. The van der Waals surface area contributed by atoms with Crippen LogP contribution in [0, 0.1) is 20.8 Å². The summed E-state index contributed by atoms with van der Waals surface area (Å²) in [7, 11) is 0. The van der Waals surface area contributed by atoms with Crippen molar-refractivity contribution in [2.45, 2.75) is 39.7 Å². The molecule has 1 amide bonds. The van der Waals surface area contributed by atoms with Gasteiger partial charge in [0.2, 0.25) is 5.88 Å². The highest BCUT2D eigenvalue weighted by atomic mass is 16.5. The smallest absolute Gasteiger partial charge is 0.259 e. The second kappa shape index (κ2) is 6.36. The largest absolute Gasteiger partial charge is 0.474 e. The van der Waals surface area contributed by atoms with Gasteiger partial charge in [0.15, 0.2) is 0 Å². The van der Waals surface area contributed by atoms with Crippen LogP contribution in [-0.2, 0) is 0 Å². The van der Waals surface area contributed by atoms with Gasteiger partial charge in [-0.3, -0.25) is 4.79 Å². The second-order valence-corrected chi connectivity index (χ2v) is 5.80. The first-order valence-electron chi connectivity index (χ1n) is 7.72. The summed E-state index contributed by atoms with van der Waals surface area (Å²) in [5, 5.41) is 3.66. The number of hydrogen-bond donors (Lipinski definition) is 0. The highest BCUT2D eigenvalue weighted by molar-refractivity contribution is 5.94. The second-order valence-electron chi connectivity index (χ2n) is 5.80. The van der Waals surface area contributed by atoms with Crippen LogP contribution in [0.5, 0.6) is 5.88 Å². The van der Waals surface area contributed by atoms with E-state index in [1.54, 1.807) is 6.92 Å². The van der Waals surface area contributed by atoms with E-state index in [0.29, 0.717) is 36.1 Å². The maximum atomic E-state index is 12.4. The monoisotopic (exact) mass is 316 g/mol. The Hall–Kier alpha value is -2.44. The van der Waals surface area contributed by atoms with E-state index in [2.05, 4.69) is 15.1 Å². The molecule has 0 spiro atoms. The molecule has 0 bridgehead atoms. The van der Waals surface area contributed by atoms with Gasteiger partial charge in [-0.1, -0.05) is 5.16 Å². The number of likely N-dealkylation sites (tertiary alicyclic amines) is 1. The number of rotatable bonds is 3. The molecule has 1 fully saturated rings. The Bertz CT molecular complexity index is 685. The molecule has 0 radical (unpaired) electrons. The van der Waals surface area contributed by atoms with Crippen LogP contribution in [0.25, 0.3) is 0 Å². The standard InChI is InChI=1S/C16H20N4O3/c1-10-8-15(19-12(3)18-10)22-13-4-6-20(7-5-13)16(21)14-9-17-23-11(14)2/h8-9,13H,4-7H2,1-3H3. The van der Waals surface area contributed by atoms with Crippen molar-refractivity contribution in [2.24, 2.45) is 0 Å². The average Bonchev–Trinajstić information content (AvgIpc) is 2.92. The lowest BCUT2D eigenvalue weighted by molar-refractivity contribution is 0.0586. The van der Waals surface area contributed by atoms with E-state index in [-0.39, 0.29) is 12.0 Å². The van der Waals surface area contributed by atoms with Gasteiger partial charge in [-0.15, -0.1) is 0 Å². The average molecular weight is 316 g/mol. The normalized spacial score (nSPS) is 15.7. The van der Waals surface area contributed by atoms with E-state index in [9.17, 15) is 4.79 Å². The number of aromatic nitrogens is 3. The molecule has 3 heterocycles. The van der Waals surface area contributed by atoms with Crippen LogP contribution in [0.4, 0.5) is 0 Å². The van der Waals surface area contributed by atoms with E-state index in [4.69, 9.17) is 9.26 Å². The number of ether oxygens (including phenoxy) is 1. The van der Waals surface area contributed by atoms with Crippen molar-refractivity contribution in [3.8, 4) is 5.88 Å². The van der Waals surface area contributed by atoms with Crippen LogP contribution in [0.3, 0.4) is 0 Å². The zero-order valence-corrected chi connectivity index (χ0v) is 13.6. The lowest BCUT2D eigenvalue weighted by Crippen LogP contribution is -2.42. The number of nitrogens with zero attached hydrogens (tertiary/aromatic N) is 4. The minimum atomic E-state index is -0.0316. The highest BCUT2D eigenvalue weighted by Gasteiger charge is 2.27. The molecule has 1 aliphatic heterocycles. The maximum absolute atomic E-state index is 12.4. The van der Waals surface area contributed by atoms with Gasteiger partial charge in [0.05, 0.1) is 6.20 Å². The lowest BCUT2D eigenvalue weighted by Gasteiger charge is -2.31. The van der Waals surface area contributed by atoms with Crippen molar-refractivity contribution >= 4 is 5.91 Å². The Labute approximate surface area is 134 Å². The van der Waals surface area contributed by atoms with Crippen LogP contribution in [-0.4, -0.2) is 45.1 Å². The summed E-state index contributed by atoms with van der Waals surface area (Å²) in [6.07, 6.45) is 3.10. The molecule has 0 aliphatic carbocycles. The van der Waals surface area contributed by atoms with E-state index < -0.39 is 0 Å². The fourth-order valence-electron chi connectivity index (χ4n) is 2.77. The molecule has 1 saturated heterocycles. The van der Waals surface area contributed by atoms with Crippen LogP contribution in [0.2, 0.25) is 0 Å². The maximum Gasteiger partial charge on any atom is 0.259 e. The van der Waals surface area contributed by atoms with E-state index in [0.717, 1.165) is 18.5 Å². The number of hydrogen-bond acceptors (Lipinski definition) is 6. The molecule has 2 aromatic rings. The van der Waals surface area contributed by atoms with Crippen LogP contribution < -0.4 is 4.74 Å². The summed E-state index contributed by atoms with van der Waals surface area (Å²) < 4.78 is 10.9. The zero-order chi connectivity index (χ0) is 16.4. The summed E-state index contributed by atoms with van der Waals surface area (Å²) in [5.41, 5.74) is 1.43. The third-order valence-corrected chi connectivity index (χ3v) is 3.94. The van der Waals surface area contributed by atoms with E-state index in [1.165, 1.54) is 6.20 Å². The topological polar surface area (TPSA) is 81.4 Å². The van der Waals surface area contributed by atoms with Crippen molar-refractivity contribution in [1.82, 2.24) is 20.0 Å². The fraction of sp³-hybridized carbons (Fsp3) is 0.500. The van der Waals surface area contributed by atoms with Crippen LogP contribution in [0.15, 0.2) is 16.8 Å². The predicted octanol–water partition coefficient (Wildman–Crippen LogP) is 2.07. The van der Waals surface area contributed by atoms with E-state index >= 15 is 0 Å². The molecular weight excluding hydrogens is 296 g/mol. The Kier molecular flexibility index (Phi) is 4.27. The van der Waals surface area contributed by atoms with Crippen molar-refractivity contribution in [1.29, 1.82) is 0 Å². The molecule has 0 N–H and O–H groups in total. The molecule has 23 heavy (non-hydrogen) atoms. The van der Waals surface area contributed by atoms with Gasteiger partial charge >= 0.3 is 0 Å². The molecule has 2 aromatic heterocycles. The molecule has 122 valence electrons. The molecule has 0 saturated carbocycles. The first-order valence-corrected chi connectivity index (χ1v) is 7.72. The molecule has 3 rings (SSSR count). The number of aryl methyl sites for hydroxylation is 3.